The van der Waals surface area contributed by atoms with Crippen molar-refractivity contribution in [1.29, 1.82) is 0 Å². The molecule has 0 atom stereocenters. The third-order valence-corrected chi connectivity index (χ3v) is 3.93. The molecule has 2 aromatic carbocycles. The summed E-state index contributed by atoms with van der Waals surface area (Å²) in [5.41, 5.74) is 7.22. The van der Waals surface area contributed by atoms with Crippen molar-refractivity contribution < 1.29 is 14.3 Å². The summed E-state index contributed by atoms with van der Waals surface area (Å²) in [4.78, 5) is 23.4. The minimum Gasteiger partial charge on any atom is -0.484 e. The van der Waals surface area contributed by atoms with Gasteiger partial charge in [0.05, 0.1) is 0 Å². The zero-order chi connectivity index (χ0) is 18.2. The van der Waals surface area contributed by atoms with Gasteiger partial charge >= 0.3 is 0 Å². The predicted molar refractivity (Wildman–Crippen MR) is 98.2 cm³/mol. The molecule has 0 saturated carbocycles. The molecule has 0 bridgehead atoms. The number of hydrazine groups is 1. The van der Waals surface area contributed by atoms with Crippen molar-refractivity contribution in [2.24, 2.45) is 0 Å². The Hall–Kier alpha value is -2.79. The van der Waals surface area contributed by atoms with Crippen LogP contribution in [0, 0.1) is 13.8 Å². The number of nitrogens with one attached hydrogen (secondary N) is 2. The molecule has 0 fully saturated rings. The Morgan fingerprint density at radius 1 is 1.08 bits per heavy atom. The van der Waals surface area contributed by atoms with Crippen LogP contribution in [0.15, 0.2) is 48.5 Å². The first-order valence-electron chi connectivity index (χ1n) is 7.67. The zero-order valence-corrected chi connectivity index (χ0v) is 14.8. The molecule has 0 spiro atoms. The van der Waals surface area contributed by atoms with Crippen LogP contribution in [0.3, 0.4) is 0 Å². The molecule has 0 unspecified atom stereocenters. The maximum absolute atomic E-state index is 11.7. The standard InChI is InChI=1S/C19H19ClN2O3/c1-13-10-16(11-14(2)19(13)20)25-12-18(24)22-21-17(23)9-8-15-6-4-3-5-7-15/h3-11H,12H2,1-2H3,(H,21,23)(H,22,24)/b9-8+. The number of benzene rings is 2. The van der Waals surface area contributed by atoms with Crippen LogP contribution < -0.4 is 15.6 Å². The third kappa shape index (κ3) is 5.97. The van der Waals surface area contributed by atoms with Gasteiger partial charge in [-0.3, -0.25) is 20.4 Å². The molecular formula is C19H19ClN2O3. The second-order valence-electron chi connectivity index (χ2n) is 5.44. The van der Waals surface area contributed by atoms with E-state index in [2.05, 4.69) is 10.9 Å². The summed E-state index contributed by atoms with van der Waals surface area (Å²) in [7, 11) is 0. The SMILES string of the molecule is Cc1cc(OCC(=O)NNC(=O)/C=C/c2ccccc2)cc(C)c1Cl. The van der Waals surface area contributed by atoms with E-state index in [0.717, 1.165) is 16.7 Å². The van der Waals surface area contributed by atoms with E-state index in [4.69, 9.17) is 16.3 Å². The van der Waals surface area contributed by atoms with E-state index in [-0.39, 0.29) is 6.61 Å². The largest absolute Gasteiger partial charge is 0.484 e. The van der Waals surface area contributed by atoms with Gasteiger partial charge in [-0.1, -0.05) is 41.9 Å². The minimum atomic E-state index is -0.466. The van der Waals surface area contributed by atoms with Crippen LogP contribution >= 0.6 is 11.6 Å². The quantitative estimate of drug-likeness (QED) is 0.637. The highest BCUT2D eigenvalue weighted by atomic mass is 35.5. The van der Waals surface area contributed by atoms with Gasteiger partial charge in [0, 0.05) is 11.1 Å². The first-order chi connectivity index (χ1) is 12.0. The topological polar surface area (TPSA) is 67.4 Å². The van der Waals surface area contributed by atoms with Crippen molar-refractivity contribution in [2.75, 3.05) is 6.61 Å². The fourth-order valence-corrected chi connectivity index (χ4v) is 2.19. The molecule has 25 heavy (non-hydrogen) atoms. The van der Waals surface area contributed by atoms with Gasteiger partial charge in [0.25, 0.3) is 11.8 Å². The second-order valence-corrected chi connectivity index (χ2v) is 5.82. The highest BCUT2D eigenvalue weighted by molar-refractivity contribution is 6.32. The molecule has 0 saturated heterocycles. The molecule has 2 N–H and O–H groups in total. The lowest BCUT2D eigenvalue weighted by Crippen LogP contribution is -2.43. The number of ether oxygens (including phenoxy) is 1. The van der Waals surface area contributed by atoms with Gasteiger partial charge in [-0.2, -0.15) is 0 Å². The Balaban J connectivity index is 1.77. The summed E-state index contributed by atoms with van der Waals surface area (Å²) in [6.07, 6.45) is 2.99. The molecule has 0 aliphatic carbocycles. The van der Waals surface area contributed by atoms with Crippen LogP contribution in [0.1, 0.15) is 16.7 Å². The van der Waals surface area contributed by atoms with Crippen molar-refractivity contribution >= 4 is 29.5 Å². The highest BCUT2D eigenvalue weighted by Gasteiger charge is 2.07. The maximum atomic E-state index is 11.7. The summed E-state index contributed by atoms with van der Waals surface area (Å²) < 4.78 is 5.41. The van der Waals surface area contributed by atoms with Crippen LogP contribution in [0.2, 0.25) is 5.02 Å². The van der Waals surface area contributed by atoms with E-state index in [1.54, 1.807) is 18.2 Å². The number of amides is 2. The molecule has 5 nitrogen and oxygen atoms in total. The number of carbonyl (C=O) groups is 2. The minimum absolute atomic E-state index is 0.219. The number of aryl methyl sites for hydroxylation is 2. The van der Waals surface area contributed by atoms with Crippen molar-refractivity contribution in [3.8, 4) is 5.75 Å². The van der Waals surface area contributed by atoms with Gasteiger partial charge < -0.3 is 4.74 Å². The molecule has 0 aliphatic rings. The number of hydrogen-bond acceptors (Lipinski definition) is 3. The van der Waals surface area contributed by atoms with E-state index in [9.17, 15) is 9.59 Å². The summed E-state index contributed by atoms with van der Waals surface area (Å²) in [6, 6.07) is 12.9. The Labute approximate surface area is 151 Å². The monoisotopic (exact) mass is 358 g/mol. The molecule has 0 aliphatic heterocycles. The van der Waals surface area contributed by atoms with E-state index in [1.165, 1.54) is 6.08 Å². The molecule has 6 heteroatoms. The summed E-state index contributed by atoms with van der Waals surface area (Å²) in [5, 5.41) is 0.675. The zero-order valence-electron chi connectivity index (χ0n) is 14.0. The van der Waals surface area contributed by atoms with Gasteiger partial charge in [0.1, 0.15) is 5.75 Å². The van der Waals surface area contributed by atoms with Gasteiger partial charge in [0.2, 0.25) is 0 Å². The Kier molecular flexibility index (Phi) is 6.60. The third-order valence-electron chi connectivity index (χ3n) is 3.33. The average molecular weight is 359 g/mol. The number of hydrogen-bond donors (Lipinski definition) is 2. The van der Waals surface area contributed by atoms with Gasteiger partial charge in [-0.15, -0.1) is 0 Å². The molecule has 130 valence electrons. The predicted octanol–water partition coefficient (Wildman–Crippen LogP) is 3.20. The maximum Gasteiger partial charge on any atom is 0.276 e. The van der Waals surface area contributed by atoms with Crippen LogP contribution in [-0.2, 0) is 9.59 Å². The Bertz CT molecular complexity index is 766. The van der Waals surface area contributed by atoms with Crippen LogP contribution in [0.4, 0.5) is 0 Å². The fraction of sp³-hybridized carbons (Fsp3) is 0.158. The van der Waals surface area contributed by atoms with Crippen molar-refractivity contribution in [3.05, 3.63) is 70.3 Å². The first-order valence-corrected chi connectivity index (χ1v) is 8.05. The summed E-state index contributed by atoms with van der Waals surface area (Å²) in [6.45, 7) is 3.51. The van der Waals surface area contributed by atoms with Crippen molar-refractivity contribution in [2.45, 2.75) is 13.8 Å². The highest BCUT2D eigenvalue weighted by Crippen LogP contribution is 2.25. The van der Waals surface area contributed by atoms with Crippen molar-refractivity contribution in [3.63, 3.8) is 0 Å². The van der Waals surface area contributed by atoms with E-state index < -0.39 is 11.8 Å². The van der Waals surface area contributed by atoms with E-state index in [1.807, 2.05) is 44.2 Å². The second kappa shape index (κ2) is 8.89. The molecule has 2 aromatic rings. The fourth-order valence-electron chi connectivity index (χ4n) is 2.08. The smallest absolute Gasteiger partial charge is 0.276 e. The summed E-state index contributed by atoms with van der Waals surface area (Å²) in [5.74, 6) is -0.355. The Morgan fingerprint density at radius 2 is 1.72 bits per heavy atom. The van der Waals surface area contributed by atoms with E-state index in [0.29, 0.717) is 10.8 Å². The number of halogens is 1. The average Bonchev–Trinajstić information content (AvgIpc) is 2.61. The van der Waals surface area contributed by atoms with Crippen LogP contribution in [-0.4, -0.2) is 18.4 Å². The lowest BCUT2D eigenvalue weighted by atomic mass is 10.1. The molecule has 0 radical (unpaired) electrons. The van der Waals surface area contributed by atoms with Gasteiger partial charge in [-0.25, -0.2) is 0 Å². The van der Waals surface area contributed by atoms with Crippen molar-refractivity contribution in [1.82, 2.24) is 10.9 Å². The number of rotatable bonds is 5. The molecule has 2 rings (SSSR count). The molecule has 0 aromatic heterocycles. The van der Waals surface area contributed by atoms with Gasteiger partial charge in [0.15, 0.2) is 6.61 Å². The van der Waals surface area contributed by atoms with Gasteiger partial charge in [-0.05, 0) is 48.7 Å². The summed E-state index contributed by atoms with van der Waals surface area (Å²) >= 11 is 6.08. The number of carbonyl (C=O) groups excluding carboxylic acids is 2. The molecule has 2 amide bonds. The van der Waals surface area contributed by atoms with Crippen LogP contribution in [0.25, 0.3) is 6.08 Å². The lowest BCUT2D eigenvalue weighted by molar-refractivity contribution is -0.128. The first kappa shape index (κ1) is 18.5. The van der Waals surface area contributed by atoms with E-state index >= 15 is 0 Å². The molecule has 0 heterocycles. The van der Waals surface area contributed by atoms with Crippen LogP contribution in [0.5, 0.6) is 5.75 Å². The normalized spacial score (nSPS) is 10.5. The molecular weight excluding hydrogens is 340 g/mol. The Morgan fingerprint density at radius 3 is 2.36 bits per heavy atom. The lowest BCUT2D eigenvalue weighted by Gasteiger charge is -2.10.